The molecule has 1 aliphatic rings. The Morgan fingerprint density at radius 2 is 1.94 bits per heavy atom. The minimum atomic E-state index is -1.16. The van der Waals surface area contributed by atoms with E-state index in [2.05, 4.69) is 0 Å². The topological polar surface area (TPSA) is 89.3 Å². The molecule has 1 saturated heterocycles. The van der Waals surface area contributed by atoms with E-state index >= 15 is 0 Å². The van der Waals surface area contributed by atoms with Crippen LogP contribution in [0.2, 0.25) is 5.02 Å². The normalized spacial score (nSPS) is 23.0. The van der Waals surface area contributed by atoms with E-state index in [1.807, 2.05) is 5.32 Å². The maximum absolute atomic E-state index is 11.6. The second kappa shape index (κ2) is 4.55. The average molecular weight is 289 g/mol. The molecule has 1 fully saturated rings. The number of benzene rings is 1. The molecule has 2 atom stereocenters. The average Bonchev–Trinajstić information content (AvgIpc) is 2.54. The van der Waals surface area contributed by atoms with E-state index in [9.17, 15) is 19.7 Å². The third kappa shape index (κ3) is 2.04. The third-order valence-electron chi connectivity index (χ3n) is 2.60. The van der Waals surface area contributed by atoms with Crippen LogP contribution in [0.3, 0.4) is 0 Å². The lowest BCUT2D eigenvalue weighted by Gasteiger charge is -2.10. The first-order valence-electron chi connectivity index (χ1n) is 4.84. The van der Waals surface area contributed by atoms with Gasteiger partial charge in [0.25, 0.3) is 5.69 Å². The number of hydrogen-bond donors (Lipinski definition) is 1. The van der Waals surface area contributed by atoms with Gasteiger partial charge in [-0.1, -0.05) is 11.6 Å². The number of hydrogen-bond acceptors (Lipinski definition) is 4. The smallest absolute Gasteiger partial charge is 0.274 e. The first kappa shape index (κ1) is 12.8. The van der Waals surface area contributed by atoms with E-state index in [1.54, 1.807) is 0 Å². The highest BCUT2D eigenvalue weighted by Gasteiger charge is 2.44. The second-order valence-electron chi connectivity index (χ2n) is 3.69. The standard InChI is InChI=1S/C10H6Cl2N2O4/c11-4-1-2-5(6(3-4)14(17)18)7-8(12)10(16)13-9(7)15/h1-3,7-8H,(H,13,15,16). The van der Waals surface area contributed by atoms with Crippen LogP contribution in [0.4, 0.5) is 5.69 Å². The first-order chi connectivity index (χ1) is 8.41. The fourth-order valence-electron chi connectivity index (χ4n) is 1.79. The summed E-state index contributed by atoms with van der Waals surface area (Å²) in [4.78, 5) is 33.1. The molecule has 0 spiro atoms. The Kier molecular flexibility index (Phi) is 3.23. The second-order valence-corrected chi connectivity index (χ2v) is 4.60. The van der Waals surface area contributed by atoms with Crippen LogP contribution in [0.5, 0.6) is 0 Å². The van der Waals surface area contributed by atoms with Crippen LogP contribution in [-0.2, 0) is 9.59 Å². The molecule has 1 N–H and O–H groups in total. The molecule has 0 aromatic heterocycles. The molecule has 1 aromatic rings. The first-order valence-corrected chi connectivity index (χ1v) is 5.66. The maximum atomic E-state index is 11.6. The maximum Gasteiger partial charge on any atom is 0.274 e. The van der Waals surface area contributed by atoms with Crippen molar-refractivity contribution in [2.24, 2.45) is 0 Å². The summed E-state index contributed by atoms with van der Waals surface area (Å²) in [6.45, 7) is 0. The monoisotopic (exact) mass is 288 g/mol. The molecule has 8 heteroatoms. The van der Waals surface area contributed by atoms with Crippen molar-refractivity contribution in [1.29, 1.82) is 0 Å². The Balaban J connectivity index is 2.54. The molecular formula is C10H6Cl2N2O4. The number of nitro groups is 1. The minimum Gasteiger partial charge on any atom is -0.295 e. The van der Waals surface area contributed by atoms with Gasteiger partial charge in [-0.2, -0.15) is 0 Å². The Hall–Kier alpha value is -1.66. The molecular weight excluding hydrogens is 283 g/mol. The largest absolute Gasteiger partial charge is 0.295 e. The number of carbonyl (C=O) groups excluding carboxylic acids is 2. The van der Waals surface area contributed by atoms with Crippen LogP contribution in [-0.4, -0.2) is 22.1 Å². The fourth-order valence-corrected chi connectivity index (χ4v) is 2.26. The molecule has 18 heavy (non-hydrogen) atoms. The van der Waals surface area contributed by atoms with Crippen LogP contribution in [0, 0.1) is 10.1 Å². The van der Waals surface area contributed by atoms with Crippen LogP contribution in [0.25, 0.3) is 0 Å². The number of carbonyl (C=O) groups is 2. The van der Waals surface area contributed by atoms with Gasteiger partial charge in [-0.15, -0.1) is 11.6 Å². The van der Waals surface area contributed by atoms with E-state index in [-0.39, 0.29) is 16.3 Å². The Morgan fingerprint density at radius 1 is 1.28 bits per heavy atom. The summed E-state index contributed by atoms with van der Waals surface area (Å²) in [5.41, 5.74) is -0.254. The SMILES string of the molecule is O=C1NC(=O)C(c2ccc(Cl)cc2[N+](=O)[O-])C1Cl. The third-order valence-corrected chi connectivity index (χ3v) is 3.28. The number of rotatable bonds is 2. The molecule has 1 heterocycles. The van der Waals surface area contributed by atoms with Crippen molar-refractivity contribution in [1.82, 2.24) is 5.32 Å². The van der Waals surface area contributed by atoms with Gasteiger partial charge >= 0.3 is 0 Å². The van der Waals surface area contributed by atoms with E-state index in [0.717, 1.165) is 6.07 Å². The molecule has 1 aliphatic heterocycles. The van der Waals surface area contributed by atoms with Crippen LogP contribution >= 0.6 is 23.2 Å². The van der Waals surface area contributed by atoms with Crippen LogP contribution in [0.1, 0.15) is 11.5 Å². The fraction of sp³-hybridized carbons (Fsp3) is 0.200. The summed E-state index contributed by atoms with van der Waals surface area (Å²) in [7, 11) is 0. The lowest BCUT2D eigenvalue weighted by molar-refractivity contribution is -0.385. The highest BCUT2D eigenvalue weighted by molar-refractivity contribution is 6.37. The molecule has 0 radical (unpaired) electrons. The summed E-state index contributed by atoms with van der Waals surface area (Å²) in [5, 5.41) is 12.0. The predicted octanol–water partition coefficient (Wildman–Crippen LogP) is 1.60. The molecule has 0 aliphatic carbocycles. The number of amides is 2. The number of alkyl halides is 1. The summed E-state index contributed by atoms with van der Waals surface area (Å²) in [6, 6.07) is 3.86. The minimum absolute atomic E-state index is 0.0766. The van der Waals surface area contributed by atoms with Crippen molar-refractivity contribution < 1.29 is 14.5 Å². The summed E-state index contributed by atoms with van der Waals surface area (Å²) in [5.74, 6) is -2.38. The van der Waals surface area contributed by atoms with Crippen LogP contribution in [0.15, 0.2) is 18.2 Å². The van der Waals surface area contributed by atoms with Crippen molar-refractivity contribution in [2.75, 3.05) is 0 Å². The van der Waals surface area contributed by atoms with E-state index in [1.165, 1.54) is 12.1 Å². The van der Waals surface area contributed by atoms with Gasteiger partial charge in [-0.25, -0.2) is 0 Å². The van der Waals surface area contributed by atoms with Gasteiger partial charge in [-0.3, -0.25) is 25.0 Å². The summed E-state index contributed by atoms with van der Waals surface area (Å²) < 4.78 is 0. The number of nitrogens with zero attached hydrogens (tertiary/aromatic N) is 1. The van der Waals surface area contributed by atoms with Gasteiger partial charge in [0.1, 0.15) is 5.38 Å². The Morgan fingerprint density at radius 3 is 2.44 bits per heavy atom. The molecule has 94 valence electrons. The van der Waals surface area contributed by atoms with Crippen LogP contribution < -0.4 is 5.32 Å². The van der Waals surface area contributed by atoms with Gasteiger partial charge < -0.3 is 0 Å². The highest BCUT2D eigenvalue weighted by atomic mass is 35.5. The van der Waals surface area contributed by atoms with Gasteiger partial charge in [0.15, 0.2) is 0 Å². The Labute approximate surface area is 111 Å². The molecule has 6 nitrogen and oxygen atoms in total. The number of halogens is 2. The van der Waals surface area contributed by atoms with Crippen molar-refractivity contribution in [2.45, 2.75) is 11.3 Å². The molecule has 2 unspecified atom stereocenters. The zero-order valence-electron chi connectivity index (χ0n) is 8.72. The van der Waals surface area contributed by atoms with Gasteiger partial charge in [0.05, 0.1) is 10.8 Å². The lowest BCUT2D eigenvalue weighted by Crippen LogP contribution is -2.22. The zero-order valence-corrected chi connectivity index (χ0v) is 10.2. The molecule has 0 saturated carbocycles. The van der Waals surface area contributed by atoms with E-state index in [0.29, 0.717) is 0 Å². The number of nitro benzene ring substituents is 1. The van der Waals surface area contributed by atoms with E-state index < -0.39 is 28.0 Å². The summed E-state index contributed by atoms with van der Waals surface area (Å²) >= 11 is 11.5. The molecule has 1 aromatic carbocycles. The van der Waals surface area contributed by atoms with Crippen molar-refractivity contribution >= 4 is 40.7 Å². The van der Waals surface area contributed by atoms with Crippen molar-refractivity contribution in [3.8, 4) is 0 Å². The van der Waals surface area contributed by atoms with Crippen molar-refractivity contribution in [3.05, 3.63) is 38.9 Å². The molecule has 2 amide bonds. The van der Waals surface area contributed by atoms with Gasteiger partial charge in [0, 0.05) is 16.7 Å². The van der Waals surface area contributed by atoms with E-state index in [4.69, 9.17) is 23.2 Å². The predicted molar refractivity (Wildman–Crippen MR) is 63.6 cm³/mol. The highest BCUT2D eigenvalue weighted by Crippen LogP contribution is 2.35. The zero-order chi connectivity index (χ0) is 13.4. The lowest BCUT2D eigenvalue weighted by atomic mass is 9.95. The van der Waals surface area contributed by atoms with Gasteiger partial charge in [-0.05, 0) is 12.1 Å². The molecule has 0 bridgehead atoms. The molecule has 2 rings (SSSR count). The Bertz CT molecular complexity index is 561. The quantitative estimate of drug-likeness (QED) is 0.387. The van der Waals surface area contributed by atoms with Crippen molar-refractivity contribution in [3.63, 3.8) is 0 Å². The van der Waals surface area contributed by atoms with Gasteiger partial charge in [0.2, 0.25) is 11.8 Å². The summed E-state index contributed by atoms with van der Waals surface area (Å²) in [6.07, 6.45) is 0. The number of nitrogens with one attached hydrogen (secondary N) is 1. The number of imide groups is 1.